The lowest BCUT2D eigenvalue weighted by Crippen LogP contribution is -2.50. The van der Waals surface area contributed by atoms with Gasteiger partial charge in [-0.2, -0.15) is 5.11 Å². The van der Waals surface area contributed by atoms with Gasteiger partial charge in [0.1, 0.15) is 17.2 Å². The molecule has 2 aromatic carbocycles. The lowest BCUT2D eigenvalue weighted by atomic mass is 9.86. The molecule has 0 radical (unpaired) electrons. The predicted molar refractivity (Wildman–Crippen MR) is 143 cm³/mol. The first kappa shape index (κ1) is 26.2. The number of carbonyl (C=O) groups is 2. The van der Waals surface area contributed by atoms with Gasteiger partial charge in [-0.05, 0) is 80.3 Å². The van der Waals surface area contributed by atoms with Gasteiger partial charge < -0.3 is 10.2 Å². The van der Waals surface area contributed by atoms with Crippen molar-refractivity contribution in [3.63, 3.8) is 0 Å². The summed E-state index contributed by atoms with van der Waals surface area (Å²) in [5.41, 5.74) is 1.65. The molecule has 10 heteroatoms. The van der Waals surface area contributed by atoms with Crippen LogP contribution in [-0.4, -0.2) is 47.5 Å². The minimum absolute atomic E-state index is 0.0130. The van der Waals surface area contributed by atoms with Crippen LogP contribution in [0.5, 0.6) is 0 Å². The van der Waals surface area contributed by atoms with E-state index < -0.39 is 11.5 Å². The molecule has 198 valence electrons. The Morgan fingerprint density at radius 3 is 2.55 bits per heavy atom. The summed E-state index contributed by atoms with van der Waals surface area (Å²) < 4.78 is 13.9. The van der Waals surface area contributed by atoms with E-state index in [1.807, 2.05) is 17.0 Å². The minimum Gasteiger partial charge on any atom is -0.345 e. The minimum atomic E-state index is -0.636. The van der Waals surface area contributed by atoms with Crippen molar-refractivity contribution in [2.75, 3.05) is 13.6 Å². The molecule has 2 N–H and O–H groups in total. The molecule has 1 spiro atoms. The second-order valence-electron chi connectivity index (χ2n) is 10.1. The van der Waals surface area contributed by atoms with Crippen molar-refractivity contribution < 1.29 is 14.0 Å². The van der Waals surface area contributed by atoms with E-state index in [1.54, 1.807) is 18.2 Å². The first-order chi connectivity index (χ1) is 18.3. The van der Waals surface area contributed by atoms with Gasteiger partial charge in [0, 0.05) is 18.2 Å². The zero-order valence-electron chi connectivity index (χ0n) is 21.2. The summed E-state index contributed by atoms with van der Waals surface area (Å²) in [5, 5.41) is 17.4. The van der Waals surface area contributed by atoms with E-state index in [2.05, 4.69) is 15.5 Å². The molecule has 2 saturated carbocycles. The number of aliphatic imine (C=N–C) groups is 1. The van der Waals surface area contributed by atoms with E-state index in [-0.39, 0.29) is 35.3 Å². The molecule has 0 saturated heterocycles. The van der Waals surface area contributed by atoms with E-state index in [9.17, 15) is 14.0 Å². The van der Waals surface area contributed by atoms with Crippen molar-refractivity contribution in [3.8, 4) is 0 Å². The van der Waals surface area contributed by atoms with E-state index in [0.717, 1.165) is 50.5 Å². The fourth-order valence-electron chi connectivity index (χ4n) is 5.60. The summed E-state index contributed by atoms with van der Waals surface area (Å²) in [4.78, 5) is 33.7. The van der Waals surface area contributed by atoms with Crippen molar-refractivity contribution in [3.05, 3.63) is 70.0 Å². The number of benzene rings is 2. The molecule has 8 nitrogen and oxygen atoms in total. The molecule has 0 aromatic heterocycles. The summed E-state index contributed by atoms with van der Waals surface area (Å²) in [6, 6.07) is 11.5. The first-order valence-corrected chi connectivity index (χ1v) is 13.3. The zero-order valence-corrected chi connectivity index (χ0v) is 22.0. The van der Waals surface area contributed by atoms with Gasteiger partial charge in [0.2, 0.25) is 0 Å². The van der Waals surface area contributed by atoms with Crippen molar-refractivity contribution in [2.45, 2.75) is 56.7 Å². The Labute approximate surface area is 225 Å². The summed E-state index contributed by atoms with van der Waals surface area (Å²) in [6.45, 7) is -0.0130. The Morgan fingerprint density at radius 1 is 1.21 bits per heavy atom. The van der Waals surface area contributed by atoms with Crippen LogP contribution in [-0.2, 0) is 4.79 Å². The molecule has 3 aliphatic rings. The second-order valence-corrected chi connectivity index (χ2v) is 10.5. The third-order valence-corrected chi connectivity index (χ3v) is 7.82. The number of nitrogens with zero attached hydrogens (tertiary/aromatic N) is 4. The van der Waals surface area contributed by atoms with Gasteiger partial charge in [-0.3, -0.25) is 20.0 Å². The maximum absolute atomic E-state index is 14.1. The monoisotopic (exact) mass is 536 g/mol. The van der Waals surface area contributed by atoms with E-state index >= 15 is 0 Å². The highest BCUT2D eigenvalue weighted by molar-refractivity contribution is 6.47. The molecule has 5 rings (SSSR count). The number of hydrogen-bond acceptors (Lipinski definition) is 5. The number of rotatable bonds is 7. The maximum Gasteiger partial charge on any atom is 0.275 e. The van der Waals surface area contributed by atoms with Crippen LogP contribution in [0.1, 0.15) is 72.5 Å². The van der Waals surface area contributed by atoms with Crippen LogP contribution in [0.25, 0.3) is 0 Å². The molecule has 38 heavy (non-hydrogen) atoms. The van der Waals surface area contributed by atoms with Gasteiger partial charge >= 0.3 is 0 Å². The maximum atomic E-state index is 14.1. The number of nitrogens with one attached hydrogen (secondary N) is 2. The fraction of sp³-hybridized carbons (Fsp3) is 0.429. The van der Waals surface area contributed by atoms with Crippen LogP contribution < -0.4 is 5.32 Å². The highest BCUT2D eigenvalue weighted by atomic mass is 35.5. The zero-order chi connectivity index (χ0) is 26.9. The Morgan fingerprint density at radius 2 is 1.92 bits per heavy atom. The number of amidine groups is 1. The van der Waals surface area contributed by atoms with Gasteiger partial charge in [-0.1, -0.05) is 30.2 Å². The van der Waals surface area contributed by atoms with Crippen LogP contribution in [0.2, 0.25) is 5.02 Å². The molecule has 2 aromatic rings. The normalized spacial score (nSPS) is 19.6. The predicted octanol–water partition coefficient (Wildman–Crippen LogP) is 5.71. The van der Waals surface area contributed by atoms with Crippen LogP contribution in [0.15, 0.2) is 57.7 Å². The molecular formula is C28H30ClFN6O2. The average molecular weight is 537 g/mol. The largest absolute Gasteiger partial charge is 0.345 e. The molecule has 1 heterocycles. The van der Waals surface area contributed by atoms with Gasteiger partial charge in [0.25, 0.3) is 11.8 Å². The highest BCUT2D eigenvalue weighted by Gasteiger charge is 2.53. The number of carbonyl (C=O) groups excluding carboxylic acids is 2. The standard InChI is InChI=1S/C28H30ClFN6O2/c1-32-35-23(31)16-33-26(37)19-9-7-18(8-10-19)25(17-5-6-17)36-27(38)24(20-11-12-22(30)21(29)15-20)34-28(36)13-3-2-4-14-28/h7-12,15,17,25,31H,2-6,13-14,16H2,1H3,(H,33,37)/t25-/m1/s1. The Hall–Kier alpha value is -3.46. The molecule has 0 bridgehead atoms. The van der Waals surface area contributed by atoms with E-state index in [0.29, 0.717) is 22.8 Å². The lowest BCUT2D eigenvalue weighted by molar-refractivity contribution is -0.133. The number of azo groups is 1. The number of hydrogen-bond donors (Lipinski definition) is 2. The summed E-state index contributed by atoms with van der Waals surface area (Å²) in [7, 11) is 1.47. The van der Waals surface area contributed by atoms with Crippen molar-refractivity contribution >= 4 is 35.0 Å². The summed E-state index contributed by atoms with van der Waals surface area (Å²) in [5.74, 6) is -0.719. The van der Waals surface area contributed by atoms with Gasteiger partial charge in [-0.25, -0.2) is 4.39 Å². The number of halogens is 2. The smallest absolute Gasteiger partial charge is 0.275 e. The molecule has 1 aliphatic heterocycles. The average Bonchev–Trinajstić information content (AvgIpc) is 3.72. The molecular weight excluding hydrogens is 507 g/mol. The van der Waals surface area contributed by atoms with Gasteiger partial charge in [0.15, 0.2) is 5.84 Å². The number of amides is 2. The van der Waals surface area contributed by atoms with Crippen LogP contribution in [0.3, 0.4) is 0 Å². The lowest BCUT2D eigenvalue weighted by Gasteiger charge is -2.44. The SMILES string of the molecule is CN=NC(=N)CNC(=O)c1ccc([C@@H](C2CC2)N2C(=O)C(c3ccc(F)c(Cl)c3)=NC23CCCCC3)cc1. The van der Waals surface area contributed by atoms with Crippen molar-refractivity contribution in [1.82, 2.24) is 10.2 Å². The highest BCUT2D eigenvalue weighted by Crippen LogP contribution is 2.52. The molecule has 0 unspecified atom stereocenters. The summed E-state index contributed by atoms with van der Waals surface area (Å²) in [6.07, 6.45) is 6.65. The molecule has 2 amide bonds. The molecule has 2 fully saturated rings. The second kappa shape index (κ2) is 10.7. The third-order valence-electron chi connectivity index (χ3n) is 7.54. The van der Waals surface area contributed by atoms with Crippen LogP contribution in [0.4, 0.5) is 4.39 Å². The Balaban J connectivity index is 1.44. The quantitative estimate of drug-likeness (QED) is 0.268. The van der Waals surface area contributed by atoms with Crippen molar-refractivity contribution in [1.29, 1.82) is 5.41 Å². The Kier molecular flexibility index (Phi) is 7.38. The van der Waals surface area contributed by atoms with E-state index in [1.165, 1.54) is 19.2 Å². The summed E-state index contributed by atoms with van der Waals surface area (Å²) >= 11 is 6.06. The van der Waals surface area contributed by atoms with Crippen LogP contribution >= 0.6 is 11.6 Å². The first-order valence-electron chi connectivity index (χ1n) is 13.0. The molecule has 2 aliphatic carbocycles. The van der Waals surface area contributed by atoms with Crippen molar-refractivity contribution in [2.24, 2.45) is 21.1 Å². The fourth-order valence-corrected chi connectivity index (χ4v) is 5.78. The molecule has 1 atom stereocenters. The van der Waals surface area contributed by atoms with Gasteiger partial charge in [0.05, 0.1) is 17.6 Å². The topological polar surface area (TPSA) is 110 Å². The van der Waals surface area contributed by atoms with Gasteiger partial charge in [-0.15, -0.1) is 5.11 Å². The Bertz CT molecular complexity index is 1320. The third kappa shape index (κ3) is 5.12. The van der Waals surface area contributed by atoms with Crippen LogP contribution in [0, 0.1) is 17.1 Å². The van der Waals surface area contributed by atoms with E-state index in [4.69, 9.17) is 22.0 Å².